The van der Waals surface area contributed by atoms with Crippen LogP contribution in [0.4, 0.5) is 5.69 Å². The second-order valence-corrected chi connectivity index (χ2v) is 6.83. The molecule has 0 saturated heterocycles. The van der Waals surface area contributed by atoms with Gasteiger partial charge in [-0.25, -0.2) is 9.78 Å². The van der Waals surface area contributed by atoms with E-state index in [1.54, 1.807) is 55.8 Å². The van der Waals surface area contributed by atoms with Crippen molar-refractivity contribution in [2.75, 3.05) is 19.5 Å². The number of anilines is 1. The summed E-state index contributed by atoms with van der Waals surface area (Å²) >= 11 is 0. The number of nitrogens with one attached hydrogen (secondary N) is 1. The van der Waals surface area contributed by atoms with Gasteiger partial charge in [-0.2, -0.15) is 0 Å². The molecule has 160 valence electrons. The Labute approximate surface area is 184 Å². The molecule has 1 aromatic heterocycles. The summed E-state index contributed by atoms with van der Waals surface area (Å²) in [6.07, 6.45) is 1.62. The lowest BCUT2D eigenvalue weighted by Crippen LogP contribution is -2.13. The Balaban J connectivity index is 1.57. The van der Waals surface area contributed by atoms with Gasteiger partial charge in [-0.05, 0) is 60.7 Å². The van der Waals surface area contributed by atoms with E-state index < -0.39 is 5.97 Å². The van der Waals surface area contributed by atoms with E-state index in [9.17, 15) is 9.59 Å². The highest BCUT2D eigenvalue weighted by molar-refractivity contribution is 6.08. The quantitative estimate of drug-likeness (QED) is 0.432. The Morgan fingerprint density at radius 2 is 1.62 bits per heavy atom. The summed E-state index contributed by atoms with van der Waals surface area (Å²) in [5, 5.41) is 2.83. The number of hydrogen-bond acceptors (Lipinski definition) is 6. The topological polar surface area (TPSA) is 90.7 Å². The van der Waals surface area contributed by atoms with Crippen molar-refractivity contribution >= 4 is 17.6 Å². The zero-order chi connectivity index (χ0) is 22.5. The highest BCUT2D eigenvalue weighted by Gasteiger charge is 2.17. The smallest absolute Gasteiger partial charge is 0.337 e. The number of rotatable bonds is 6. The van der Waals surface area contributed by atoms with Crippen molar-refractivity contribution in [2.24, 2.45) is 0 Å². The molecular weight excluding hydrogens is 408 g/mol. The molecule has 0 aliphatic heterocycles. The van der Waals surface area contributed by atoms with Crippen LogP contribution in [0.5, 0.6) is 5.75 Å². The van der Waals surface area contributed by atoms with Gasteiger partial charge < -0.3 is 19.2 Å². The summed E-state index contributed by atoms with van der Waals surface area (Å²) < 4.78 is 15.8. The highest BCUT2D eigenvalue weighted by atomic mass is 16.5. The highest BCUT2D eigenvalue weighted by Crippen LogP contribution is 2.29. The maximum Gasteiger partial charge on any atom is 0.337 e. The number of oxazole rings is 1. The first-order chi connectivity index (χ1) is 15.6. The molecule has 0 saturated carbocycles. The first-order valence-electron chi connectivity index (χ1n) is 9.78. The number of aromatic nitrogens is 1. The molecule has 32 heavy (non-hydrogen) atoms. The first kappa shape index (κ1) is 20.9. The van der Waals surface area contributed by atoms with Crippen LogP contribution in [0.2, 0.25) is 0 Å². The fraction of sp³-hybridized carbons (Fsp3) is 0.0800. The van der Waals surface area contributed by atoms with E-state index in [0.717, 1.165) is 11.3 Å². The van der Waals surface area contributed by atoms with Crippen LogP contribution < -0.4 is 10.1 Å². The standard InChI is InChI=1S/C25H20N2O5/c1-30-19-13-9-16(10-14-19)22-15-26-24(32-22)21-6-4-3-5-20(21)23(28)27-18-11-7-17(8-12-18)25(29)31-2/h3-15H,1-2H3,(H,27,28). The van der Waals surface area contributed by atoms with E-state index in [0.29, 0.717) is 34.0 Å². The van der Waals surface area contributed by atoms with Crippen molar-refractivity contribution in [3.63, 3.8) is 0 Å². The van der Waals surface area contributed by atoms with E-state index in [-0.39, 0.29) is 5.91 Å². The molecule has 0 aliphatic carbocycles. The molecule has 1 amide bonds. The fourth-order valence-electron chi connectivity index (χ4n) is 3.16. The van der Waals surface area contributed by atoms with Gasteiger partial charge in [0.15, 0.2) is 5.76 Å². The second kappa shape index (κ2) is 9.18. The number of hydrogen-bond donors (Lipinski definition) is 1. The Kier molecular flexibility index (Phi) is 5.98. The van der Waals surface area contributed by atoms with Gasteiger partial charge in [-0.3, -0.25) is 4.79 Å². The third-order valence-electron chi connectivity index (χ3n) is 4.85. The lowest BCUT2D eigenvalue weighted by atomic mass is 10.1. The molecule has 0 radical (unpaired) electrons. The third kappa shape index (κ3) is 4.37. The van der Waals surface area contributed by atoms with Gasteiger partial charge in [-0.1, -0.05) is 12.1 Å². The minimum atomic E-state index is -0.440. The Hall–Kier alpha value is -4.39. The summed E-state index contributed by atoms with van der Waals surface area (Å²) in [6.45, 7) is 0. The number of methoxy groups -OCH3 is 2. The third-order valence-corrected chi connectivity index (χ3v) is 4.85. The lowest BCUT2D eigenvalue weighted by Gasteiger charge is -2.09. The van der Waals surface area contributed by atoms with E-state index >= 15 is 0 Å². The monoisotopic (exact) mass is 428 g/mol. The molecule has 7 heteroatoms. The van der Waals surface area contributed by atoms with Crippen LogP contribution in [0.25, 0.3) is 22.8 Å². The molecule has 7 nitrogen and oxygen atoms in total. The molecule has 1 heterocycles. The molecule has 0 spiro atoms. The average molecular weight is 428 g/mol. The Morgan fingerprint density at radius 1 is 0.906 bits per heavy atom. The molecule has 0 aliphatic rings. The van der Waals surface area contributed by atoms with Gasteiger partial charge in [0.1, 0.15) is 5.75 Å². The number of carbonyl (C=O) groups excluding carboxylic acids is 2. The van der Waals surface area contributed by atoms with Gasteiger partial charge in [0.25, 0.3) is 5.91 Å². The predicted molar refractivity (Wildman–Crippen MR) is 120 cm³/mol. The molecule has 3 aromatic carbocycles. The zero-order valence-electron chi connectivity index (χ0n) is 17.5. The minimum Gasteiger partial charge on any atom is -0.497 e. The van der Waals surface area contributed by atoms with Crippen LogP contribution in [0, 0.1) is 0 Å². The predicted octanol–water partition coefficient (Wildman–Crippen LogP) is 5.06. The molecule has 1 N–H and O–H groups in total. The second-order valence-electron chi connectivity index (χ2n) is 6.83. The number of ether oxygens (including phenoxy) is 2. The van der Waals surface area contributed by atoms with E-state index in [4.69, 9.17) is 9.15 Å². The van der Waals surface area contributed by atoms with Gasteiger partial charge in [0.2, 0.25) is 5.89 Å². The van der Waals surface area contributed by atoms with E-state index in [1.807, 2.05) is 30.3 Å². The van der Waals surface area contributed by atoms with E-state index in [2.05, 4.69) is 15.0 Å². The number of nitrogens with zero attached hydrogens (tertiary/aromatic N) is 1. The van der Waals surface area contributed by atoms with E-state index in [1.165, 1.54) is 7.11 Å². The molecule has 0 fully saturated rings. The summed E-state index contributed by atoms with van der Waals surface area (Å²) in [4.78, 5) is 28.9. The zero-order valence-corrected chi connectivity index (χ0v) is 17.5. The molecule has 0 atom stereocenters. The average Bonchev–Trinajstić information content (AvgIpc) is 3.34. The summed E-state index contributed by atoms with van der Waals surface area (Å²) in [7, 11) is 2.93. The molecule has 4 aromatic rings. The summed E-state index contributed by atoms with van der Waals surface area (Å²) in [5.41, 5.74) is 2.77. The van der Waals surface area contributed by atoms with Crippen LogP contribution in [-0.4, -0.2) is 31.1 Å². The number of benzene rings is 3. The van der Waals surface area contributed by atoms with Crippen molar-refractivity contribution in [1.82, 2.24) is 4.98 Å². The number of esters is 1. The van der Waals surface area contributed by atoms with Gasteiger partial charge in [0, 0.05) is 16.8 Å². The normalized spacial score (nSPS) is 10.4. The molecule has 0 unspecified atom stereocenters. The van der Waals surface area contributed by atoms with Crippen LogP contribution in [-0.2, 0) is 4.74 Å². The van der Waals surface area contributed by atoms with Gasteiger partial charge in [0.05, 0.1) is 31.5 Å². The van der Waals surface area contributed by atoms with Crippen molar-refractivity contribution in [3.8, 4) is 28.5 Å². The minimum absolute atomic E-state index is 0.324. The van der Waals surface area contributed by atoms with Gasteiger partial charge in [-0.15, -0.1) is 0 Å². The van der Waals surface area contributed by atoms with Crippen LogP contribution in [0.1, 0.15) is 20.7 Å². The van der Waals surface area contributed by atoms with Crippen LogP contribution >= 0.6 is 0 Å². The van der Waals surface area contributed by atoms with Crippen molar-refractivity contribution < 1.29 is 23.5 Å². The fourth-order valence-corrected chi connectivity index (χ4v) is 3.16. The first-order valence-corrected chi connectivity index (χ1v) is 9.78. The molecule has 0 bridgehead atoms. The maximum absolute atomic E-state index is 12.9. The number of carbonyl (C=O) groups is 2. The van der Waals surface area contributed by atoms with Crippen LogP contribution in [0.15, 0.2) is 83.4 Å². The maximum atomic E-state index is 12.9. The van der Waals surface area contributed by atoms with Crippen molar-refractivity contribution in [3.05, 3.63) is 90.1 Å². The number of amides is 1. The molecular formula is C25H20N2O5. The van der Waals surface area contributed by atoms with Gasteiger partial charge >= 0.3 is 5.97 Å². The Bertz CT molecular complexity index is 1240. The van der Waals surface area contributed by atoms with Crippen LogP contribution in [0.3, 0.4) is 0 Å². The SMILES string of the molecule is COC(=O)c1ccc(NC(=O)c2ccccc2-c2ncc(-c3ccc(OC)cc3)o2)cc1. The molecule has 4 rings (SSSR count). The van der Waals surface area contributed by atoms with Crippen molar-refractivity contribution in [2.45, 2.75) is 0 Å². The largest absolute Gasteiger partial charge is 0.497 e. The summed E-state index contributed by atoms with van der Waals surface area (Å²) in [6, 6.07) is 20.9. The van der Waals surface area contributed by atoms with Crippen molar-refractivity contribution in [1.29, 1.82) is 0 Å². The lowest BCUT2D eigenvalue weighted by molar-refractivity contribution is 0.0600. The Morgan fingerprint density at radius 3 is 2.31 bits per heavy atom. The summed E-state index contributed by atoms with van der Waals surface area (Å²) in [5.74, 6) is 0.898.